The van der Waals surface area contributed by atoms with E-state index in [1.165, 1.54) is 0 Å². The van der Waals surface area contributed by atoms with Crippen molar-refractivity contribution in [3.8, 4) is 0 Å². The van der Waals surface area contributed by atoms with Crippen molar-refractivity contribution >= 4 is 17.4 Å². The van der Waals surface area contributed by atoms with Crippen LogP contribution >= 0.6 is 11.6 Å². The summed E-state index contributed by atoms with van der Waals surface area (Å²) in [6.45, 7) is 10.6. The normalized spacial score (nSPS) is 11.6. The number of nitrogens with zero attached hydrogens (tertiary/aromatic N) is 1. The van der Waals surface area contributed by atoms with Gasteiger partial charge in [-0.15, -0.1) is 0 Å². The van der Waals surface area contributed by atoms with E-state index in [0.717, 1.165) is 13.1 Å². The maximum Gasteiger partial charge on any atom is 0.165 e. The van der Waals surface area contributed by atoms with Crippen LogP contribution in [0.1, 0.15) is 44.5 Å². The van der Waals surface area contributed by atoms with Crippen LogP contribution in [-0.4, -0.2) is 29.8 Å². The first kappa shape index (κ1) is 16.2. The van der Waals surface area contributed by atoms with Gasteiger partial charge in [0.25, 0.3) is 0 Å². The van der Waals surface area contributed by atoms with E-state index in [-0.39, 0.29) is 5.78 Å². The van der Waals surface area contributed by atoms with E-state index in [2.05, 4.69) is 32.6 Å². The van der Waals surface area contributed by atoms with Gasteiger partial charge in [0.05, 0.1) is 5.02 Å². The number of hydrogen-bond donors (Lipinski definition) is 0. The molecule has 0 aliphatic rings. The topological polar surface area (TPSA) is 20.3 Å². The minimum Gasteiger partial charge on any atom is -0.300 e. The predicted molar refractivity (Wildman–Crippen MR) is 81.9 cm³/mol. The molecule has 0 aliphatic carbocycles. The Labute approximate surface area is 121 Å². The molecule has 0 atom stereocenters. The van der Waals surface area contributed by atoms with Crippen LogP contribution in [-0.2, 0) is 0 Å². The van der Waals surface area contributed by atoms with Crippen molar-refractivity contribution in [1.82, 2.24) is 4.90 Å². The van der Waals surface area contributed by atoms with Crippen molar-refractivity contribution in [2.45, 2.75) is 40.2 Å². The van der Waals surface area contributed by atoms with Crippen molar-refractivity contribution < 1.29 is 4.79 Å². The number of hydrogen-bond acceptors (Lipinski definition) is 2. The summed E-state index contributed by atoms with van der Waals surface area (Å²) < 4.78 is 0. The highest BCUT2D eigenvalue weighted by atomic mass is 35.5. The molecule has 0 bridgehead atoms. The summed E-state index contributed by atoms with van der Waals surface area (Å²) in [5.74, 6) is 0.734. The van der Waals surface area contributed by atoms with Crippen molar-refractivity contribution in [2.24, 2.45) is 5.92 Å². The fourth-order valence-electron chi connectivity index (χ4n) is 2.10. The van der Waals surface area contributed by atoms with Gasteiger partial charge in [0.1, 0.15) is 0 Å². The molecule has 0 fully saturated rings. The van der Waals surface area contributed by atoms with Gasteiger partial charge in [-0.3, -0.25) is 4.79 Å². The molecular weight excluding hydrogens is 258 g/mol. The van der Waals surface area contributed by atoms with E-state index in [0.29, 0.717) is 29.0 Å². The van der Waals surface area contributed by atoms with E-state index in [9.17, 15) is 4.79 Å². The van der Waals surface area contributed by atoms with E-state index >= 15 is 0 Å². The second-order valence-electron chi connectivity index (χ2n) is 5.64. The van der Waals surface area contributed by atoms with Crippen LogP contribution in [0.4, 0.5) is 0 Å². The Morgan fingerprint density at radius 3 is 2.37 bits per heavy atom. The van der Waals surface area contributed by atoms with Crippen molar-refractivity contribution in [2.75, 3.05) is 13.1 Å². The molecule has 0 aliphatic heterocycles. The van der Waals surface area contributed by atoms with Crippen LogP contribution in [0, 0.1) is 5.92 Å². The third-order valence-corrected chi connectivity index (χ3v) is 3.46. The largest absolute Gasteiger partial charge is 0.300 e. The minimum atomic E-state index is 0.125. The molecule has 0 aromatic heterocycles. The Bertz CT molecular complexity index is 415. The molecule has 0 radical (unpaired) electrons. The minimum absolute atomic E-state index is 0.125. The number of ketones is 1. The van der Waals surface area contributed by atoms with Crippen LogP contribution in [0.5, 0.6) is 0 Å². The van der Waals surface area contributed by atoms with Gasteiger partial charge >= 0.3 is 0 Å². The highest BCUT2D eigenvalue weighted by Gasteiger charge is 2.15. The monoisotopic (exact) mass is 281 g/mol. The Hall–Kier alpha value is -0.860. The molecule has 19 heavy (non-hydrogen) atoms. The molecule has 0 saturated heterocycles. The molecule has 1 aromatic rings. The fourth-order valence-corrected chi connectivity index (χ4v) is 2.34. The van der Waals surface area contributed by atoms with Gasteiger partial charge in [0.15, 0.2) is 5.78 Å². The fraction of sp³-hybridized carbons (Fsp3) is 0.562. The Morgan fingerprint density at radius 2 is 1.84 bits per heavy atom. The number of carbonyl (C=O) groups is 1. The summed E-state index contributed by atoms with van der Waals surface area (Å²) in [6, 6.07) is 7.73. The average Bonchev–Trinajstić information content (AvgIpc) is 2.34. The van der Waals surface area contributed by atoms with Gasteiger partial charge in [-0.2, -0.15) is 0 Å². The van der Waals surface area contributed by atoms with Crippen LogP contribution in [0.15, 0.2) is 24.3 Å². The summed E-state index contributed by atoms with van der Waals surface area (Å²) in [4.78, 5) is 14.5. The van der Waals surface area contributed by atoms with Gasteiger partial charge in [-0.1, -0.05) is 37.6 Å². The number of Topliss-reactive ketones (excluding diaryl/α,β-unsaturated/α-hetero) is 1. The van der Waals surface area contributed by atoms with Gasteiger partial charge in [0.2, 0.25) is 0 Å². The van der Waals surface area contributed by atoms with E-state index in [1.807, 2.05) is 12.1 Å². The highest BCUT2D eigenvalue weighted by Crippen LogP contribution is 2.17. The summed E-state index contributed by atoms with van der Waals surface area (Å²) >= 11 is 6.05. The predicted octanol–water partition coefficient (Wildman–Crippen LogP) is 4.28. The molecule has 0 N–H and O–H groups in total. The molecule has 2 nitrogen and oxygen atoms in total. The van der Waals surface area contributed by atoms with E-state index in [4.69, 9.17) is 11.6 Å². The van der Waals surface area contributed by atoms with Crippen LogP contribution in [0.25, 0.3) is 0 Å². The Balaban J connectivity index is 2.60. The molecule has 0 saturated carbocycles. The molecule has 0 amide bonds. The maximum atomic E-state index is 12.2. The van der Waals surface area contributed by atoms with Crippen molar-refractivity contribution in [3.63, 3.8) is 0 Å². The van der Waals surface area contributed by atoms with Gasteiger partial charge in [-0.05, 0) is 31.9 Å². The number of carbonyl (C=O) groups excluding carboxylic acids is 1. The summed E-state index contributed by atoms with van der Waals surface area (Å²) in [5, 5.41) is 0.549. The first-order chi connectivity index (χ1) is 8.91. The van der Waals surface area contributed by atoms with Crippen LogP contribution in [0.3, 0.4) is 0 Å². The summed E-state index contributed by atoms with van der Waals surface area (Å²) in [7, 11) is 0. The Kier molecular flexibility index (Phi) is 6.53. The lowest BCUT2D eigenvalue weighted by Crippen LogP contribution is -2.35. The van der Waals surface area contributed by atoms with Crippen LogP contribution < -0.4 is 0 Å². The lowest BCUT2D eigenvalue weighted by atomic mass is 10.1. The third-order valence-electron chi connectivity index (χ3n) is 3.13. The zero-order valence-electron chi connectivity index (χ0n) is 12.3. The summed E-state index contributed by atoms with van der Waals surface area (Å²) in [5.41, 5.74) is 0.636. The van der Waals surface area contributed by atoms with Gasteiger partial charge < -0.3 is 4.90 Å². The highest BCUT2D eigenvalue weighted by molar-refractivity contribution is 6.33. The molecule has 106 valence electrons. The second-order valence-corrected chi connectivity index (χ2v) is 6.04. The first-order valence-corrected chi connectivity index (χ1v) is 7.31. The van der Waals surface area contributed by atoms with E-state index < -0.39 is 0 Å². The van der Waals surface area contributed by atoms with Gasteiger partial charge in [-0.25, -0.2) is 0 Å². The lowest BCUT2D eigenvalue weighted by Gasteiger charge is -2.27. The van der Waals surface area contributed by atoms with Crippen LogP contribution in [0.2, 0.25) is 5.02 Å². The molecular formula is C16H24ClNO. The molecule has 1 rings (SSSR count). The molecule has 3 heteroatoms. The molecule has 0 spiro atoms. The quantitative estimate of drug-likeness (QED) is 0.695. The maximum absolute atomic E-state index is 12.2. The van der Waals surface area contributed by atoms with Crippen molar-refractivity contribution in [3.05, 3.63) is 34.9 Å². The van der Waals surface area contributed by atoms with Gasteiger partial charge in [0, 0.05) is 31.1 Å². The second kappa shape index (κ2) is 7.66. The Morgan fingerprint density at radius 1 is 1.21 bits per heavy atom. The standard InChI is InChI=1S/C16H24ClNO/c1-12(2)11-18(13(3)4)10-9-16(19)14-7-5-6-8-15(14)17/h5-8,12-13H,9-11H2,1-4H3. The van der Waals surface area contributed by atoms with E-state index in [1.54, 1.807) is 12.1 Å². The molecule has 1 aromatic carbocycles. The summed E-state index contributed by atoms with van der Waals surface area (Å²) in [6.07, 6.45) is 0.522. The average molecular weight is 282 g/mol. The SMILES string of the molecule is CC(C)CN(CCC(=O)c1ccccc1Cl)C(C)C. The third kappa shape index (κ3) is 5.33. The molecule has 0 unspecified atom stereocenters. The number of halogens is 1. The molecule has 0 heterocycles. The zero-order chi connectivity index (χ0) is 14.4. The first-order valence-electron chi connectivity index (χ1n) is 6.93. The smallest absolute Gasteiger partial charge is 0.165 e. The zero-order valence-corrected chi connectivity index (χ0v) is 13.1. The van der Waals surface area contributed by atoms with Crippen molar-refractivity contribution in [1.29, 1.82) is 0 Å². The lowest BCUT2D eigenvalue weighted by molar-refractivity contribution is 0.0950. The number of rotatable bonds is 7. The number of benzene rings is 1.